The summed E-state index contributed by atoms with van der Waals surface area (Å²) in [4.78, 5) is 3.04. The number of hydrogen-bond donors (Lipinski definition) is 1. The molecule has 2 aromatic rings. The molecule has 66 valence electrons. The van der Waals surface area contributed by atoms with Gasteiger partial charge in [-0.2, -0.15) is 4.98 Å². The van der Waals surface area contributed by atoms with E-state index in [9.17, 15) is 5.11 Å². The Hall–Kier alpha value is -1.77. The lowest BCUT2D eigenvalue weighted by Crippen LogP contribution is -2.03. The summed E-state index contributed by atoms with van der Waals surface area (Å²) in [5, 5.41) is 9.23. The van der Waals surface area contributed by atoms with Crippen molar-refractivity contribution < 1.29 is 14.5 Å². The van der Waals surface area contributed by atoms with E-state index >= 15 is 0 Å². The van der Waals surface area contributed by atoms with Crippen LogP contribution in [-0.2, 0) is 0 Å². The summed E-state index contributed by atoms with van der Waals surface area (Å²) in [5.41, 5.74) is 1.80. The fraction of sp³-hybridized carbons (Fsp3) is 0.100. The van der Waals surface area contributed by atoms with E-state index in [1.54, 1.807) is 24.5 Å². The zero-order chi connectivity index (χ0) is 9.26. The summed E-state index contributed by atoms with van der Waals surface area (Å²) in [6.07, 6.45) is 1.64. The van der Waals surface area contributed by atoms with Crippen molar-refractivity contribution in [2.75, 3.05) is 0 Å². The minimum atomic E-state index is 0.236. The molecule has 0 aliphatic carbocycles. The average Bonchev–Trinajstić information content (AvgIpc) is 2.52. The van der Waals surface area contributed by atoms with Crippen LogP contribution < -0.4 is 4.98 Å². The molecule has 0 radical (unpaired) electrons. The summed E-state index contributed by atoms with van der Waals surface area (Å²) in [7, 11) is 0. The van der Waals surface area contributed by atoms with E-state index < -0.39 is 0 Å². The third kappa shape index (κ3) is 1.54. The maximum absolute atomic E-state index is 9.23. The number of aromatic nitrogens is 1. The molecule has 0 fully saturated rings. The lowest BCUT2D eigenvalue weighted by atomic mass is 10.2. The Balaban J connectivity index is 2.46. The Kier molecular flexibility index (Phi) is 1.77. The molecule has 3 nitrogen and oxygen atoms in total. The predicted molar refractivity (Wildman–Crippen MR) is 47.1 cm³/mol. The van der Waals surface area contributed by atoms with Gasteiger partial charge in [0.2, 0.25) is 5.69 Å². The highest BCUT2D eigenvalue weighted by molar-refractivity contribution is 5.52. The fourth-order valence-electron chi connectivity index (χ4n) is 1.17. The number of aryl methyl sites for hydroxylation is 1. The summed E-state index contributed by atoms with van der Waals surface area (Å²) < 4.78 is 5.24. The van der Waals surface area contributed by atoms with Crippen molar-refractivity contribution in [1.82, 2.24) is 0 Å². The van der Waals surface area contributed by atoms with E-state index in [0.717, 1.165) is 11.3 Å². The predicted octanol–water partition coefficient (Wildman–Crippen LogP) is 1.77. The van der Waals surface area contributed by atoms with Gasteiger partial charge in [-0.25, -0.2) is 0 Å². The smallest absolute Gasteiger partial charge is 0.379 e. The number of aromatic amines is 1. The number of phenols is 1. The Labute approximate surface area is 75.7 Å². The number of aromatic hydroxyl groups is 1. The van der Waals surface area contributed by atoms with Crippen molar-refractivity contribution in [2.24, 2.45) is 0 Å². The molecule has 0 saturated carbocycles. The van der Waals surface area contributed by atoms with E-state index in [0.29, 0.717) is 5.89 Å². The lowest BCUT2D eigenvalue weighted by molar-refractivity contribution is -0.377. The fourth-order valence-corrected chi connectivity index (χ4v) is 1.17. The quantitative estimate of drug-likeness (QED) is 0.719. The molecule has 0 bridgehead atoms. The van der Waals surface area contributed by atoms with Gasteiger partial charge < -0.3 is 9.52 Å². The van der Waals surface area contributed by atoms with Crippen LogP contribution in [0.1, 0.15) is 5.69 Å². The van der Waals surface area contributed by atoms with E-state index in [-0.39, 0.29) is 5.75 Å². The third-order valence-electron chi connectivity index (χ3n) is 1.77. The van der Waals surface area contributed by atoms with Crippen LogP contribution >= 0.6 is 0 Å². The molecule has 3 heteroatoms. The highest BCUT2D eigenvalue weighted by Gasteiger charge is 2.11. The summed E-state index contributed by atoms with van der Waals surface area (Å²) in [5.74, 6) is 0.897. The number of hydrogen-bond acceptors (Lipinski definition) is 2. The molecule has 0 aliphatic rings. The van der Waals surface area contributed by atoms with Crippen molar-refractivity contribution in [3.63, 3.8) is 0 Å². The third-order valence-corrected chi connectivity index (χ3v) is 1.77. The van der Waals surface area contributed by atoms with Gasteiger partial charge in [0, 0.05) is 6.92 Å². The number of phenolic OH excluding ortho intramolecular Hbond substituents is 1. The van der Waals surface area contributed by atoms with E-state index in [2.05, 4.69) is 4.98 Å². The lowest BCUT2D eigenvalue weighted by Gasteiger charge is -1.91. The van der Waals surface area contributed by atoms with Crippen molar-refractivity contribution in [3.05, 3.63) is 36.2 Å². The standard InChI is InChI=1S/C10H9NO2/c1-7-6-13-10(11-7)8-3-2-4-9(12)5-8/h2-6,12H,1H3/p+1. The zero-order valence-corrected chi connectivity index (χ0v) is 7.24. The van der Waals surface area contributed by atoms with E-state index in [1.165, 1.54) is 0 Å². The maximum Gasteiger partial charge on any atom is 0.379 e. The topological polar surface area (TPSA) is 47.5 Å². The average molecular weight is 176 g/mol. The molecule has 0 saturated heterocycles. The molecule has 1 aromatic heterocycles. The van der Waals surface area contributed by atoms with Gasteiger partial charge in [-0.3, -0.25) is 0 Å². The van der Waals surface area contributed by atoms with Gasteiger partial charge in [0.15, 0.2) is 6.26 Å². The largest absolute Gasteiger partial charge is 0.508 e. The molecule has 0 spiro atoms. The van der Waals surface area contributed by atoms with Crippen molar-refractivity contribution in [2.45, 2.75) is 6.92 Å². The second-order valence-corrected chi connectivity index (χ2v) is 2.92. The molecule has 1 heterocycles. The van der Waals surface area contributed by atoms with Crippen molar-refractivity contribution in [1.29, 1.82) is 0 Å². The molecular formula is C10H10NO2+. The van der Waals surface area contributed by atoms with Crippen LogP contribution in [0.3, 0.4) is 0 Å². The monoisotopic (exact) mass is 176 g/mol. The Bertz CT molecular complexity index is 420. The molecular weight excluding hydrogens is 166 g/mol. The summed E-state index contributed by atoms with van der Waals surface area (Å²) in [6, 6.07) is 6.92. The highest BCUT2D eigenvalue weighted by atomic mass is 16.3. The summed E-state index contributed by atoms with van der Waals surface area (Å²) in [6.45, 7) is 1.91. The van der Waals surface area contributed by atoms with Crippen LogP contribution in [0.25, 0.3) is 11.5 Å². The first kappa shape index (κ1) is 7.86. The minimum absolute atomic E-state index is 0.236. The first-order valence-electron chi connectivity index (χ1n) is 4.02. The number of rotatable bonds is 1. The van der Waals surface area contributed by atoms with Gasteiger partial charge in [-0.05, 0) is 18.2 Å². The minimum Gasteiger partial charge on any atom is -0.508 e. The van der Waals surface area contributed by atoms with E-state index in [1.807, 2.05) is 13.0 Å². The first-order valence-corrected chi connectivity index (χ1v) is 4.02. The molecule has 1 aromatic carbocycles. The Morgan fingerprint density at radius 3 is 2.85 bits per heavy atom. The molecule has 0 atom stereocenters. The molecule has 0 aliphatic heterocycles. The number of nitrogens with one attached hydrogen (secondary N) is 1. The molecule has 2 rings (SSSR count). The first-order chi connectivity index (χ1) is 6.25. The normalized spacial score (nSPS) is 10.2. The summed E-state index contributed by atoms with van der Waals surface area (Å²) >= 11 is 0. The second-order valence-electron chi connectivity index (χ2n) is 2.92. The van der Waals surface area contributed by atoms with Gasteiger partial charge in [0.1, 0.15) is 5.75 Å². The second kappa shape index (κ2) is 2.94. The number of H-pyrrole nitrogens is 1. The van der Waals surface area contributed by atoms with Crippen LogP contribution in [-0.4, -0.2) is 5.11 Å². The highest BCUT2D eigenvalue weighted by Crippen LogP contribution is 2.19. The number of benzene rings is 1. The van der Waals surface area contributed by atoms with Crippen LogP contribution in [0.5, 0.6) is 5.75 Å². The van der Waals surface area contributed by atoms with Crippen LogP contribution in [0.4, 0.5) is 0 Å². The van der Waals surface area contributed by atoms with Gasteiger partial charge in [-0.1, -0.05) is 6.07 Å². The Morgan fingerprint density at radius 2 is 2.23 bits per heavy atom. The van der Waals surface area contributed by atoms with Crippen LogP contribution in [0.2, 0.25) is 0 Å². The van der Waals surface area contributed by atoms with Crippen LogP contribution in [0.15, 0.2) is 34.9 Å². The zero-order valence-electron chi connectivity index (χ0n) is 7.24. The van der Waals surface area contributed by atoms with Crippen LogP contribution in [0, 0.1) is 6.92 Å². The Morgan fingerprint density at radius 1 is 1.38 bits per heavy atom. The van der Waals surface area contributed by atoms with E-state index in [4.69, 9.17) is 4.42 Å². The molecule has 13 heavy (non-hydrogen) atoms. The number of oxazole rings is 1. The SMILES string of the molecule is Cc1coc(-c2cccc(O)c2)[nH+]1. The molecule has 2 N–H and O–H groups in total. The molecule has 0 amide bonds. The van der Waals surface area contributed by atoms with Crippen molar-refractivity contribution >= 4 is 0 Å². The van der Waals surface area contributed by atoms with Gasteiger partial charge in [-0.15, -0.1) is 0 Å². The molecule has 0 unspecified atom stereocenters. The maximum atomic E-state index is 9.23. The van der Waals surface area contributed by atoms with Gasteiger partial charge in [0.25, 0.3) is 0 Å². The van der Waals surface area contributed by atoms with Crippen molar-refractivity contribution in [3.8, 4) is 17.2 Å². The van der Waals surface area contributed by atoms with Gasteiger partial charge in [0.05, 0.1) is 5.56 Å². The van der Waals surface area contributed by atoms with Gasteiger partial charge >= 0.3 is 5.89 Å².